The summed E-state index contributed by atoms with van der Waals surface area (Å²) in [6, 6.07) is 12.2. The van der Waals surface area contributed by atoms with E-state index in [1.165, 1.54) is 0 Å². The largest absolute Gasteiger partial charge is 0.493 e. The van der Waals surface area contributed by atoms with Crippen LogP contribution < -0.4 is 19.1 Å². The molecule has 0 spiro atoms. The highest BCUT2D eigenvalue weighted by molar-refractivity contribution is 7.92. The molecule has 9 heteroatoms. The van der Waals surface area contributed by atoms with Crippen LogP contribution in [0.1, 0.15) is 12.0 Å². The molecule has 0 aliphatic carbocycles. The quantitative estimate of drug-likeness (QED) is 0.574. The molecule has 158 valence electrons. The van der Waals surface area contributed by atoms with Crippen LogP contribution >= 0.6 is 11.6 Å². The second-order valence-corrected chi connectivity index (χ2v) is 8.68. The van der Waals surface area contributed by atoms with Crippen LogP contribution in [0.25, 0.3) is 0 Å². The van der Waals surface area contributed by atoms with E-state index in [1.807, 2.05) is 18.2 Å². The lowest BCUT2D eigenvalue weighted by molar-refractivity contribution is -0.119. The normalized spacial score (nSPS) is 11.0. The van der Waals surface area contributed by atoms with Crippen LogP contribution in [0, 0.1) is 0 Å². The first-order valence-electron chi connectivity index (χ1n) is 8.96. The maximum Gasteiger partial charge on any atom is 0.240 e. The number of hydrogen-bond donors (Lipinski definition) is 1. The molecule has 0 saturated carbocycles. The van der Waals surface area contributed by atoms with Crippen molar-refractivity contribution in [3.05, 3.63) is 53.1 Å². The first-order chi connectivity index (χ1) is 13.8. The van der Waals surface area contributed by atoms with Crippen LogP contribution in [-0.4, -0.2) is 47.9 Å². The van der Waals surface area contributed by atoms with Gasteiger partial charge in [-0.1, -0.05) is 29.8 Å². The van der Waals surface area contributed by atoms with Crippen LogP contribution in [0.15, 0.2) is 42.5 Å². The zero-order chi connectivity index (χ0) is 21.4. The fraction of sp³-hybridized carbons (Fsp3) is 0.350. The highest BCUT2D eigenvalue weighted by atomic mass is 35.5. The van der Waals surface area contributed by atoms with Gasteiger partial charge in [0.2, 0.25) is 15.9 Å². The molecular formula is C20H25ClN2O5S. The molecule has 0 heterocycles. The number of halogens is 1. The average Bonchev–Trinajstić information content (AvgIpc) is 2.69. The standard InChI is InChI=1S/C20H25ClN2O5S/c1-27-18-11-10-15(13-19(18)28-2)7-6-12-22-20(24)14-23(29(3,25)26)17-9-5-4-8-16(17)21/h4-5,8-11,13H,6-7,12,14H2,1-3H3,(H,22,24). The third kappa shape index (κ3) is 6.54. The lowest BCUT2D eigenvalue weighted by Crippen LogP contribution is -2.40. The molecule has 0 radical (unpaired) electrons. The Morgan fingerprint density at radius 2 is 1.79 bits per heavy atom. The number of carbonyl (C=O) groups is 1. The number of nitrogens with one attached hydrogen (secondary N) is 1. The van der Waals surface area contributed by atoms with Crippen molar-refractivity contribution >= 4 is 33.2 Å². The molecule has 0 aliphatic rings. The van der Waals surface area contributed by atoms with Crippen molar-refractivity contribution < 1.29 is 22.7 Å². The van der Waals surface area contributed by atoms with Gasteiger partial charge in [0.15, 0.2) is 11.5 Å². The Morgan fingerprint density at radius 1 is 1.10 bits per heavy atom. The molecule has 2 aromatic carbocycles. The summed E-state index contributed by atoms with van der Waals surface area (Å²) < 4.78 is 35.7. The maximum atomic E-state index is 12.3. The summed E-state index contributed by atoms with van der Waals surface area (Å²) >= 11 is 6.09. The molecule has 0 saturated heterocycles. The lowest BCUT2D eigenvalue weighted by atomic mass is 10.1. The van der Waals surface area contributed by atoms with E-state index in [9.17, 15) is 13.2 Å². The third-order valence-electron chi connectivity index (χ3n) is 4.22. The number of carbonyl (C=O) groups excluding carboxylic acids is 1. The van der Waals surface area contributed by atoms with E-state index in [0.717, 1.165) is 22.5 Å². The molecular weight excluding hydrogens is 416 g/mol. The number of ether oxygens (including phenoxy) is 2. The Bertz CT molecular complexity index is 950. The summed E-state index contributed by atoms with van der Waals surface area (Å²) in [5.74, 6) is 0.908. The number of methoxy groups -OCH3 is 2. The van der Waals surface area contributed by atoms with Gasteiger partial charge in [0.05, 0.1) is 31.2 Å². The van der Waals surface area contributed by atoms with Gasteiger partial charge in [0.1, 0.15) is 6.54 Å². The molecule has 29 heavy (non-hydrogen) atoms. The molecule has 7 nitrogen and oxygen atoms in total. The van der Waals surface area contributed by atoms with Gasteiger partial charge in [-0.15, -0.1) is 0 Å². The maximum absolute atomic E-state index is 12.3. The Labute approximate surface area is 176 Å². The van der Waals surface area contributed by atoms with Crippen molar-refractivity contribution in [3.8, 4) is 11.5 Å². The highest BCUT2D eigenvalue weighted by Gasteiger charge is 2.22. The number of amides is 1. The molecule has 0 unspecified atom stereocenters. The summed E-state index contributed by atoms with van der Waals surface area (Å²) in [5.41, 5.74) is 1.32. The molecule has 0 fully saturated rings. The molecule has 1 amide bonds. The minimum atomic E-state index is -3.66. The average molecular weight is 441 g/mol. The zero-order valence-electron chi connectivity index (χ0n) is 16.6. The predicted octanol–water partition coefficient (Wildman–Crippen LogP) is 2.87. The monoisotopic (exact) mass is 440 g/mol. The molecule has 0 bridgehead atoms. The minimum Gasteiger partial charge on any atom is -0.493 e. The first-order valence-corrected chi connectivity index (χ1v) is 11.2. The van der Waals surface area contributed by atoms with Crippen LogP contribution in [-0.2, 0) is 21.2 Å². The second-order valence-electron chi connectivity index (χ2n) is 6.36. The van der Waals surface area contributed by atoms with Crippen molar-refractivity contribution in [2.45, 2.75) is 12.8 Å². The van der Waals surface area contributed by atoms with Gasteiger partial charge in [-0.2, -0.15) is 0 Å². The van der Waals surface area contributed by atoms with Crippen LogP contribution in [0.4, 0.5) is 5.69 Å². The van der Waals surface area contributed by atoms with Crippen LogP contribution in [0.3, 0.4) is 0 Å². The van der Waals surface area contributed by atoms with Gasteiger partial charge in [0.25, 0.3) is 0 Å². The third-order valence-corrected chi connectivity index (χ3v) is 5.67. The van der Waals surface area contributed by atoms with E-state index in [0.29, 0.717) is 24.5 Å². The van der Waals surface area contributed by atoms with Gasteiger partial charge in [-0.25, -0.2) is 8.42 Å². The van der Waals surface area contributed by atoms with Crippen molar-refractivity contribution in [1.29, 1.82) is 0 Å². The van der Waals surface area contributed by atoms with Gasteiger partial charge in [-0.3, -0.25) is 9.10 Å². The SMILES string of the molecule is COc1ccc(CCCNC(=O)CN(c2ccccc2Cl)S(C)(=O)=O)cc1OC. The first kappa shape index (κ1) is 22.8. The zero-order valence-corrected chi connectivity index (χ0v) is 18.2. The number of nitrogens with zero attached hydrogens (tertiary/aromatic N) is 1. The second kappa shape index (κ2) is 10.4. The van der Waals surface area contributed by atoms with Gasteiger partial charge in [-0.05, 0) is 42.7 Å². The highest BCUT2D eigenvalue weighted by Crippen LogP contribution is 2.28. The molecule has 0 aromatic heterocycles. The number of aryl methyl sites for hydroxylation is 1. The molecule has 1 N–H and O–H groups in total. The number of benzene rings is 2. The van der Waals surface area contributed by atoms with E-state index in [4.69, 9.17) is 21.1 Å². The summed E-state index contributed by atoms with van der Waals surface area (Å²) in [7, 11) is -0.505. The molecule has 2 rings (SSSR count). The lowest BCUT2D eigenvalue weighted by Gasteiger charge is -2.22. The fourth-order valence-electron chi connectivity index (χ4n) is 2.78. The number of rotatable bonds is 10. The van der Waals surface area contributed by atoms with Crippen molar-refractivity contribution in [2.24, 2.45) is 0 Å². The summed E-state index contributed by atoms with van der Waals surface area (Å²) in [4.78, 5) is 12.3. The molecule has 0 aliphatic heterocycles. The summed E-state index contributed by atoms with van der Waals surface area (Å²) in [6.45, 7) is 0.0756. The fourth-order valence-corrected chi connectivity index (χ4v) is 3.93. The van der Waals surface area contributed by atoms with E-state index < -0.39 is 15.9 Å². The molecule has 0 atom stereocenters. The predicted molar refractivity (Wildman–Crippen MR) is 115 cm³/mol. The number of anilines is 1. The summed E-state index contributed by atoms with van der Waals surface area (Å²) in [6.07, 6.45) is 2.45. The molecule has 2 aromatic rings. The Hall–Kier alpha value is -2.45. The van der Waals surface area contributed by atoms with Crippen molar-refractivity contribution in [2.75, 3.05) is 37.9 Å². The van der Waals surface area contributed by atoms with E-state index in [1.54, 1.807) is 38.5 Å². The number of hydrogen-bond acceptors (Lipinski definition) is 5. The Kier molecular flexibility index (Phi) is 8.16. The van der Waals surface area contributed by atoms with E-state index in [2.05, 4.69) is 5.32 Å². The van der Waals surface area contributed by atoms with Crippen molar-refractivity contribution in [1.82, 2.24) is 5.32 Å². The smallest absolute Gasteiger partial charge is 0.240 e. The van der Waals surface area contributed by atoms with Crippen molar-refractivity contribution in [3.63, 3.8) is 0 Å². The van der Waals surface area contributed by atoms with Crippen LogP contribution in [0.2, 0.25) is 5.02 Å². The summed E-state index contributed by atoms with van der Waals surface area (Å²) in [5, 5.41) is 3.01. The van der Waals surface area contributed by atoms with Gasteiger partial charge < -0.3 is 14.8 Å². The number of para-hydroxylation sites is 1. The van der Waals surface area contributed by atoms with Gasteiger partial charge >= 0.3 is 0 Å². The van der Waals surface area contributed by atoms with E-state index >= 15 is 0 Å². The van der Waals surface area contributed by atoms with Crippen LogP contribution in [0.5, 0.6) is 11.5 Å². The van der Waals surface area contributed by atoms with Gasteiger partial charge in [0, 0.05) is 6.54 Å². The van der Waals surface area contributed by atoms with E-state index in [-0.39, 0.29) is 17.3 Å². The minimum absolute atomic E-state index is 0.263. The topological polar surface area (TPSA) is 84.9 Å². The Balaban J connectivity index is 1.91. The number of sulfonamides is 1. The Morgan fingerprint density at radius 3 is 2.41 bits per heavy atom.